The molecule has 4 aliphatic rings. The molecule has 115 heavy (non-hydrogen) atoms. The Bertz CT molecular complexity index is 4050. The lowest BCUT2D eigenvalue weighted by Gasteiger charge is -2.43. The number of rotatable bonds is 42. The molecule has 21 nitrogen and oxygen atoms in total. The molecular formula is C92H116O21Si2. The fraction of sp³-hybridized carbons (Fsp3) is 0.478. The van der Waals surface area contributed by atoms with Gasteiger partial charge in [0.15, 0.2) is 66.2 Å². The summed E-state index contributed by atoms with van der Waals surface area (Å²) in [6.45, 7) is 30.0. The molecule has 0 aliphatic carbocycles. The van der Waals surface area contributed by atoms with E-state index >= 15 is 4.79 Å². The lowest BCUT2D eigenvalue weighted by atomic mass is 10.1. The van der Waals surface area contributed by atoms with Gasteiger partial charge in [-0.15, -0.1) is 6.58 Å². The van der Waals surface area contributed by atoms with Crippen molar-refractivity contribution in [3.63, 3.8) is 0 Å². The molecule has 0 N–H and O–H groups in total. The average molecular weight is 1610 g/mol. The molecule has 16 atom stereocenters. The molecule has 4 heterocycles. The summed E-state index contributed by atoms with van der Waals surface area (Å²) >= 11 is 0. The van der Waals surface area contributed by atoms with Crippen LogP contribution in [-0.2, 0) is 99.7 Å². The van der Waals surface area contributed by atoms with Crippen LogP contribution in [0.2, 0.25) is 33.2 Å². The number of hydrogen-bond acceptors (Lipinski definition) is 21. The summed E-state index contributed by atoms with van der Waals surface area (Å²) in [5.41, 5.74) is 4.48. The van der Waals surface area contributed by atoms with Gasteiger partial charge < -0.3 is 79.9 Å². The van der Waals surface area contributed by atoms with Crippen LogP contribution in [0.25, 0.3) is 0 Å². The zero-order valence-electron chi connectivity index (χ0n) is 68.3. The van der Waals surface area contributed by atoms with E-state index < -0.39 is 139 Å². The largest absolute Gasteiger partial charge is 0.450 e. The summed E-state index contributed by atoms with van der Waals surface area (Å²) in [5, 5.41) is 0. The Hall–Kier alpha value is -7.93. The molecule has 0 spiro atoms. The number of benzene rings is 7. The third kappa shape index (κ3) is 22.3. The van der Waals surface area contributed by atoms with Gasteiger partial charge in [-0.25, -0.2) is 19.2 Å². The van der Waals surface area contributed by atoms with Crippen LogP contribution in [0.1, 0.15) is 154 Å². The van der Waals surface area contributed by atoms with Gasteiger partial charge in [0, 0.05) is 0 Å². The highest BCUT2D eigenvalue weighted by atomic mass is 28.4. The SMILES string of the molecule is C=CCCCO[C@H]1O[C@H](CO[C@H]2O[C@H](CO[C@H]3O[C@H](CO[Si](C(C)C)(C(C)C)C(C)C)[C@@H](O[C@H]4O[C@H](CO[Si](C(C)C)(C(C)C)C(C)C)[C@@H](OCc5ccccc5)[C@@H]4OC(=O)c4ccccc4)[C@@H]3OC(=O)c3ccccc3)[C@@H](OCc3ccccc3)[C@@H]2OC(=O)c2ccccc2)[C@@H](OCc2ccccc2)[C@@H]1OC(=O)c1ccccc1. The first-order valence-corrected chi connectivity index (χ1v) is 44.9. The Morgan fingerprint density at radius 1 is 0.322 bits per heavy atom. The van der Waals surface area contributed by atoms with Gasteiger partial charge in [-0.05, 0) is 111 Å². The van der Waals surface area contributed by atoms with Crippen molar-refractivity contribution >= 4 is 40.5 Å². The van der Waals surface area contributed by atoms with Crippen molar-refractivity contribution in [3.8, 4) is 0 Å². The maximum atomic E-state index is 15.1. The zero-order chi connectivity index (χ0) is 81.6. The highest BCUT2D eigenvalue weighted by Crippen LogP contribution is 2.46. The number of unbranched alkanes of at least 4 members (excludes halogenated alkanes) is 1. The van der Waals surface area contributed by atoms with Gasteiger partial charge in [-0.1, -0.05) is 253 Å². The molecule has 0 aromatic heterocycles. The van der Waals surface area contributed by atoms with Gasteiger partial charge in [0.05, 0.1) is 75.1 Å². The van der Waals surface area contributed by atoms with Crippen LogP contribution in [0, 0.1) is 0 Å². The van der Waals surface area contributed by atoms with Crippen LogP contribution in [0.3, 0.4) is 0 Å². The smallest absolute Gasteiger partial charge is 0.338 e. The molecular weight excluding hydrogens is 1500 g/mol. The van der Waals surface area contributed by atoms with E-state index in [2.05, 4.69) is 89.7 Å². The van der Waals surface area contributed by atoms with Gasteiger partial charge in [0.25, 0.3) is 0 Å². The van der Waals surface area contributed by atoms with Crippen molar-refractivity contribution in [2.24, 2.45) is 0 Å². The molecule has 7 aromatic carbocycles. The number of ether oxygens (including phenoxy) is 15. The molecule has 0 amide bonds. The lowest BCUT2D eigenvalue weighted by Crippen LogP contribution is -2.51. The number of allylic oxidation sites excluding steroid dienone is 1. The minimum absolute atomic E-state index is 0.00673. The van der Waals surface area contributed by atoms with E-state index in [4.69, 9.17) is 79.9 Å². The molecule has 0 saturated carbocycles. The summed E-state index contributed by atoms with van der Waals surface area (Å²) in [4.78, 5) is 58.9. The van der Waals surface area contributed by atoms with E-state index in [0.717, 1.165) is 16.7 Å². The van der Waals surface area contributed by atoms with E-state index in [9.17, 15) is 14.4 Å². The molecule has 0 unspecified atom stereocenters. The van der Waals surface area contributed by atoms with Crippen LogP contribution >= 0.6 is 0 Å². The van der Waals surface area contributed by atoms with Crippen molar-refractivity contribution in [2.75, 3.05) is 33.0 Å². The van der Waals surface area contributed by atoms with E-state index in [1.807, 2.05) is 103 Å². The van der Waals surface area contributed by atoms with Crippen LogP contribution in [0.15, 0.2) is 225 Å². The maximum Gasteiger partial charge on any atom is 0.338 e. The Morgan fingerprint density at radius 2 is 0.574 bits per heavy atom. The summed E-state index contributed by atoms with van der Waals surface area (Å²) in [7, 11) is -5.40. The maximum absolute atomic E-state index is 15.1. The van der Waals surface area contributed by atoms with Gasteiger partial charge in [0.2, 0.25) is 0 Å². The van der Waals surface area contributed by atoms with Crippen LogP contribution in [-0.4, -0.2) is 172 Å². The fourth-order valence-corrected chi connectivity index (χ4v) is 27.8. The first kappa shape index (κ1) is 87.9. The quantitative estimate of drug-likeness (QED) is 0.0114. The zero-order valence-corrected chi connectivity index (χ0v) is 70.3. The van der Waals surface area contributed by atoms with Gasteiger partial charge >= 0.3 is 23.9 Å². The second-order valence-electron chi connectivity index (χ2n) is 31.7. The third-order valence-corrected chi connectivity index (χ3v) is 34.5. The van der Waals surface area contributed by atoms with Crippen molar-refractivity contribution in [1.29, 1.82) is 0 Å². The van der Waals surface area contributed by atoms with Crippen LogP contribution in [0.4, 0.5) is 0 Å². The molecule has 4 saturated heterocycles. The second kappa shape index (κ2) is 42.5. The standard InChI is InChI=1S/C92H116O21Si2/c1-14-15-37-52-97-89-81(109-85(93)69-44-29-19-30-45-69)77(98-53-66-38-23-16-24-39-66)73(105-89)56-101-90-82(110-86(94)70-46-31-20-32-47-70)78(99-54-67-40-25-17-26-41-67)74(106-90)57-102-91-84(112-88(96)72-50-35-22-36-51-72)80(76(107-91)59-104-115(63(8)9,64(10)11)65(12)13)113-92-83(111-87(95)71-48-33-21-34-49-71)79(100-55-68-42-27-18-28-43-68)75(108-92)58-103-114(60(2)3,61(4)5)62(6)7/h14,16-36,38-51,60-65,73-84,89-92H,1,15,37,52-59H2,2-13H3/t73-,74-,75-,76-,77-,78-,79-,80-,81+,82+,83+,84+,89+,90+,91+,92-/m1/s1. The Kier molecular flexibility index (Phi) is 32.5. The highest BCUT2D eigenvalue weighted by Gasteiger charge is 2.59. The predicted octanol–water partition coefficient (Wildman–Crippen LogP) is 17.3. The van der Waals surface area contributed by atoms with Gasteiger partial charge in [-0.2, -0.15) is 0 Å². The summed E-state index contributed by atoms with van der Waals surface area (Å²) in [6, 6.07) is 63.2. The Balaban J connectivity index is 0.985. The van der Waals surface area contributed by atoms with E-state index in [0.29, 0.717) is 18.4 Å². The number of hydrogen-bond donors (Lipinski definition) is 0. The average Bonchev–Trinajstić information content (AvgIpc) is 1.65. The molecule has 11 rings (SSSR count). The molecule has 7 aromatic rings. The normalized spacial score (nSPS) is 25.0. The van der Waals surface area contributed by atoms with Crippen LogP contribution in [0.5, 0.6) is 0 Å². The highest BCUT2D eigenvalue weighted by molar-refractivity contribution is 6.78. The van der Waals surface area contributed by atoms with Crippen molar-refractivity contribution in [1.82, 2.24) is 0 Å². The number of esters is 4. The topological polar surface area (TPSA) is 225 Å². The predicted molar refractivity (Wildman–Crippen MR) is 438 cm³/mol. The van der Waals surface area contributed by atoms with E-state index in [-0.39, 0.29) is 103 Å². The molecule has 23 heteroatoms. The van der Waals surface area contributed by atoms with Crippen molar-refractivity contribution in [2.45, 2.75) is 247 Å². The third-order valence-electron chi connectivity index (χ3n) is 22.3. The van der Waals surface area contributed by atoms with Gasteiger partial charge in [0.1, 0.15) is 48.8 Å². The minimum Gasteiger partial charge on any atom is -0.450 e. The molecule has 0 bridgehead atoms. The molecule has 4 aliphatic heterocycles. The summed E-state index contributed by atoms with van der Waals surface area (Å²) in [6.07, 6.45) is -16.2. The Labute approximate surface area is 680 Å². The fourth-order valence-electron chi connectivity index (χ4n) is 16.9. The summed E-state index contributed by atoms with van der Waals surface area (Å²) < 4.78 is 118. The monoisotopic (exact) mass is 1610 g/mol. The van der Waals surface area contributed by atoms with Crippen molar-refractivity contribution < 1.29 is 99.1 Å². The summed E-state index contributed by atoms with van der Waals surface area (Å²) in [5.74, 6) is -2.72. The van der Waals surface area contributed by atoms with Crippen molar-refractivity contribution in [3.05, 3.63) is 264 Å². The molecule has 0 radical (unpaired) electrons. The molecule has 4 fully saturated rings. The number of carbonyl (C=O) groups excluding carboxylic acids is 4. The molecule has 618 valence electrons. The van der Waals surface area contributed by atoms with Gasteiger partial charge in [-0.3, -0.25) is 0 Å². The lowest BCUT2D eigenvalue weighted by molar-refractivity contribution is -0.221. The first-order valence-electron chi connectivity index (χ1n) is 40.6. The van der Waals surface area contributed by atoms with Crippen LogP contribution < -0.4 is 0 Å². The number of carbonyl (C=O) groups is 4. The van der Waals surface area contributed by atoms with E-state index in [1.54, 1.807) is 115 Å². The minimum atomic E-state index is -2.77. The first-order chi connectivity index (χ1) is 55.6. The van der Waals surface area contributed by atoms with E-state index in [1.165, 1.54) is 0 Å². The Morgan fingerprint density at radius 3 is 0.870 bits per heavy atom. The second-order valence-corrected chi connectivity index (χ2v) is 42.6.